The number of anilines is 1. The Kier molecular flexibility index (Phi) is 8.15. The molecule has 0 saturated carbocycles. The molecule has 1 fully saturated rings. The maximum Gasteiger partial charge on any atom is 0.251 e. The van der Waals surface area contributed by atoms with Gasteiger partial charge in [0.15, 0.2) is 5.96 Å². The Morgan fingerprint density at radius 3 is 2.84 bits per heavy atom. The number of amides is 1. The van der Waals surface area contributed by atoms with Crippen LogP contribution in [0, 0.1) is 0 Å². The summed E-state index contributed by atoms with van der Waals surface area (Å²) in [6.07, 6.45) is 1.82. The summed E-state index contributed by atoms with van der Waals surface area (Å²) in [7, 11) is 3.36. The average molecular weight is 424 g/mol. The van der Waals surface area contributed by atoms with Crippen LogP contribution in [0.2, 0.25) is 0 Å². The number of hydrogen-bond donors (Lipinski definition) is 3. The average Bonchev–Trinajstić information content (AvgIpc) is 3.27. The van der Waals surface area contributed by atoms with Crippen molar-refractivity contribution < 1.29 is 9.53 Å². The Morgan fingerprint density at radius 1 is 1.23 bits per heavy atom. The molecular weight excluding hydrogens is 390 g/mol. The lowest BCUT2D eigenvalue weighted by Crippen LogP contribution is -2.44. The van der Waals surface area contributed by atoms with Crippen molar-refractivity contribution in [2.24, 2.45) is 4.99 Å². The monoisotopic (exact) mass is 423 g/mol. The quantitative estimate of drug-likeness (QED) is 0.449. The highest BCUT2D eigenvalue weighted by Gasteiger charge is 2.25. The van der Waals surface area contributed by atoms with Crippen molar-refractivity contribution in [1.29, 1.82) is 0 Å². The first-order valence-corrected chi connectivity index (χ1v) is 10.9. The fourth-order valence-electron chi connectivity index (χ4n) is 3.81. The zero-order valence-corrected chi connectivity index (χ0v) is 18.6. The molecule has 0 aliphatic carbocycles. The van der Waals surface area contributed by atoms with Crippen LogP contribution in [-0.2, 0) is 6.42 Å². The second-order valence-corrected chi connectivity index (χ2v) is 7.54. The van der Waals surface area contributed by atoms with Gasteiger partial charge >= 0.3 is 0 Å². The molecule has 2 aromatic carbocycles. The first-order chi connectivity index (χ1) is 15.1. The summed E-state index contributed by atoms with van der Waals surface area (Å²) in [5, 5.41) is 9.58. The molecule has 1 aliphatic heterocycles. The van der Waals surface area contributed by atoms with Gasteiger partial charge in [-0.15, -0.1) is 0 Å². The summed E-state index contributed by atoms with van der Waals surface area (Å²) in [5.74, 6) is 1.67. The number of hydrogen-bond acceptors (Lipinski definition) is 4. The number of rotatable bonds is 8. The van der Waals surface area contributed by atoms with Gasteiger partial charge in [-0.3, -0.25) is 9.79 Å². The van der Waals surface area contributed by atoms with Gasteiger partial charge in [0, 0.05) is 44.8 Å². The van der Waals surface area contributed by atoms with E-state index in [0.717, 1.165) is 55.4 Å². The van der Waals surface area contributed by atoms with E-state index >= 15 is 0 Å². The van der Waals surface area contributed by atoms with Crippen molar-refractivity contribution in [3.05, 3.63) is 59.7 Å². The number of ether oxygens (including phenoxy) is 1. The Hall–Kier alpha value is -3.22. The summed E-state index contributed by atoms with van der Waals surface area (Å²) in [6.45, 7) is 5.40. The van der Waals surface area contributed by atoms with Crippen LogP contribution in [0.15, 0.2) is 53.5 Å². The predicted molar refractivity (Wildman–Crippen MR) is 126 cm³/mol. The first-order valence-electron chi connectivity index (χ1n) is 10.9. The molecule has 7 heteroatoms. The van der Waals surface area contributed by atoms with Crippen LogP contribution in [0.5, 0.6) is 5.75 Å². The molecule has 3 N–H and O–H groups in total. The van der Waals surface area contributed by atoms with Gasteiger partial charge in [0.1, 0.15) is 5.75 Å². The molecular formula is C24H33N5O2. The zero-order valence-electron chi connectivity index (χ0n) is 18.6. The van der Waals surface area contributed by atoms with Gasteiger partial charge in [-0.25, -0.2) is 0 Å². The van der Waals surface area contributed by atoms with E-state index < -0.39 is 0 Å². The number of nitrogens with zero attached hydrogens (tertiary/aromatic N) is 2. The molecule has 0 radical (unpaired) electrons. The summed E-state index contributed by atoms with van der Waals surface area (Å²) in [4.78, 5) is 18.9. The fourth-order valence-corrected chi connectivity index (χ4v) is 3.81. The molecule has 1 saturated heterocycles. The van der Waals surface area contributed by atoms with Gasteiger partial charge in [0.25, 0.3) is 5.91 Å². The first kappa shape index (κ1) is 22.5. The van der Waals surface area contributed by atoms with Gasteiger partial charge < -0.3 is 25.6 Å². The second kappa shape index (κ2) is 11.2. The number of para-hydroxylation sites is 2. The molecule has 166 valence electrons. The zero-order chi connectivity index (χ0) is 22.1. The molecule has 1 aliphatic rings. The number of carbonyl (C=O) groups is 1. The number of guanidine groups is 1. The number of carbonyl (C=O) groups excluding carboxylic acids is 1. The third-order valence-electron chi connectivity index (χ3n) is 5.39. The van der Waals surface area contributed by atoms with E-state index in [9.17, 15) is 4.79 Å². The molecule has 1 heterocycles. The molecule has 1 amide bonds. The van der Waals surface area contributed by atoms with Crippen LogP contribution < -0.4 is 25.6 Å². The van der Waals surface area contributed by atoms with Crippen molar-refractivity contribution in [3.63, 3.8) is 0 Å². The highest BCUT2D eigenvalue weighted by molar-refractivity contribution is 5.94. The van der Waals surface area contributed by atoms with Gasteiger partial charge in [-0.05, 0) is 49.6 Å². The minimum Gasteiger partial charge on any atom is -0.495 e. The summed E-state index contributed by atoms with van der Waals surface area (Å²) in [6, 6.07) is 16.2. The molecule has 3 rings (SSSR count). The van der Waals surface area contributed by atoms with Crippen LogP contribution in [0.1, 0.15) is 29.3 Å². The number of benzene rings is 2. The van der Waals surface area contributed by atoms with Gasteiger partial charge in [-0.1, -0.05) is 24.3 Å². The lowest BCUT2D eigenvalue weighted by Gasteiger charge is -2.22. The topological polar surface area (TPSA) is 78.0 Å². The van der Waals surface area contributed by atoms with E-state index in [-0.39, 0.29) is 5.91 Å². The van der Waals surface area contributed by atoms with Crippen molar-refractivity contribution in [2.45, 2.75) is 25.8 Å². The minimum absolute atomic E-state index is 0.0683. The van der Waals surface area contributed by atoms with Crippen LogP contribution in [0.3, 0.4) is 0 Å². The van der Waals surface area contributed by atoms with E-state index in [1.807, 2.05) is 42.5 Å². The molecule has 7 nitrogen and oxygen atoms in total. The molecule has 0 spiro atoms. The Labute approximate surface area is 184 Å². The lowest BCUT2D eigenvalue weighted by atomic mass is 10.1. The maximum atomic E-state index is 11.8. The highest BCUT2D eigenvalue weighted by atomic mass is 16.5. The van der Waals surface area contributed by atoms with E-state index in [0.29, 0.717) is 18.2 Å². The van der Waals surface area contributed by atoms with Crippen molar-refractivity contribution >= 4 is 17.6 Å². The lowest BCUT2D eigenvalue weighted by molar-refractivity contribution is 0.0963. The SMILES string of the molecule is CCNC(=NCCc1cccc(C(=O)NC)c1)NC1CCN(c2ccccc2OC)C1. The van der Waals surface area contributed by atoms with Crippen LogP contribution in [-0.4, -0.2) is 58.2 Å². The largest absolute Gasteiger partial charge is 0.495 e. The Balaban J connectivity index is 1.57. The molecule has 1 atom stereocenters. The van der Waals surface area contributed by atoms with E-state index in [1.165, 1.54) is 0 Å². The van der Waals surface area contributed by atoms with Gasteiger partial charge in [0.2, 0.25) is 0 Å². The van der Waals surface area contributed by atoms with E-state index in [1.54, 1.807) is 14.2 Å². The molecule has 0 aromatic heterocycles. The highest BCUT2D eigenvalue weighted by Crippen LogP contribution is 2.30. The normalized spacial score (nSPS) is 16.2. The molecule has 0 bridgehead atoms. The summed E-state index contributed by atoms with van der Waals surface area (Å²) >= 11 is 0. The fraction of sp³-hybridized carbons (Fsp3) is 0.417. The third-order valence-corrected chi connectivity index (χ3v) is 5.39. The third kappa shape index (κ3) is 6.13. The summed E-state index contributed by atoms with van der Waals surface area (Å²) < 4.78 is 5.51. The number of nitrogens with one attached hydrogen (secondary N) is 3. The number of aliphatic imine (C=N–C) groups is 1. The van der Waals surface area contributed by atoms with Crippen molar-refractivity contribution in [3.8, 4) is 5.75 Å². The van der Waals surface area contributed by atoms with Crippen molar-refractivity contribution in [1.82, 2.24) is 16.0 Å². The van der Waals surface area contributed by atoms with Gasteiger partial charge in [0.05, 0.1) is 12.8 Å². The Morgan fingerprint density at radius 2 is 2.06 bits per heavy atom. The maximum absolute atomic E-state index is 11.8. The predicted octanol–water partition coefficient (Wildman–Crippen LogP) is 2.43. The van der Waals surface area contributed by atoms with Crippen molar-refractivity contribution in [2.75, 3.05) is 45.2 Å². The standard InChI is InChI=1S/C24H33N5O2/c1-4-26-24(27-14-12-18-8-7-9-19(16-18)23(30)25-2)28-20-13-15-29(17-20)21-10-5-6-11-22(21)31-3/h5-11,16,20H,4,12-15,17H2,1-3H3,(H,25,30)(H2,26,27,28). The van der Waals surface area contributed by atoms with Gasteiger partial charge in [-0.2, -0.15) is 0 Å². The molecule has 31 heavy (non-hydrogen) atoms. The molecule has 2 aromatic rings. The van der Waals surface area contributed by atoms with Crippen LogP contribution in [0.4, 0.5) is 5.69 Å². The van der Waals surface area contributed by atoms with E-state index in [4.69, 9.17) is 9.73 Å². The van der Waals surface area contributed by atoms with Crippen LogP contribution in [0.25, 0.3) is 0 Å². The van der Waals surface area contributed by atoms with E-state index in [2.05, 4.69) is 33.8 Å². The summed E-state index contributed by atoms with van der Waals surface area (Å²) in [5.41, 5.74) is 2.91. The molecule has 1 unspecified atom stereocenters. The number of methoxy groups -OCH3 is 1. The van der Waals surface area contributed by atoms with Crippen LogP contribution >= 0.6 is 0 Å². The second-order valence-electron chi connectivity index (χ2n) is 7.54. The Bertz CT molecular complexity index is 899. The minimum atomic E-state index is -0.0683. The smallest absolute Gasteiger partial charge is 0.251 e.